The molecule has 1 aromatic heterocycles. The van der Waals surface area contributed by atoms with Gasteiger partial charge in [0.15, 0.2) is 0 Å². The Labute approximate surface area is 163 Å². The fourth-order valence-electron chi connectivity index (χ4n) is 2.61. The molecule has 0 aliphatic heterocycles. The number of nitrogens with one attached hydrogen (secondary N) is 1. The highest BCUT2D eigenvalue weighted by atomic mass is 32.2. The molecule has 2 aromatic carbocycles. The summed E-state index contributed by atoms with van der Waals surface area (Å²) in [5, 5.41) is 6.99. The maximum Gasteiger partial charge on any atom is 0.251 e. The minimum absolute atomic E-state index is 0.144. The molecule has 0 aliphatic carbocycles. The van der Waals surface area contributed by atoms with Gasteiger partial charge in [-0.15, -0.1) is 0 Å². The predicted octanol–water partition coefficient (Wildman–Crippen LogP) is 2.01. The quantitative estimate of drug-likeness (QED) is 0.684. The summed E-state index contributed by atoms with van der Waals surface area (Å²) in [7, 11) is -0.590. The zero-order valence-corrected chi connectivity index (χ0v) is 16.6. The molecule has 1 heterocycles. The number of carbonyl (C=O) groups is 1. The van der Waals surface area contributed by atoms with Crippen molar-refractivity contribution in [1.29, 1.82) is 0 Å². The van der Waals surface area contributed by atoms with E-state index in [-0.39, 0.29) is 16.8 Å². The van der Waals surface area contributed by atoms with Gasteiger partial charge >= 0.3 is 0 Å². The third-order valence-electron chi connectivity index (χ3n) is 4.32. The molecule has 0 bridgehead atoms. The Bertz CT molecular complexity index is 1040. The Kier molecular flexibility index (Phi) is 5.57. The van der Waals surface area contributed by atoms with Crippen LogP contribution < -0.4 is 5.32 Å². The summed E-state index contributed by atoms with van der Waals surface area (Å²) in [6.07, 6.45) is 3.08. The number of benzene rings is 2. The molecule has 8 nitrogen and oxygen atoms in total. The van der Waals surface area contributed by atoms with Crippen LogP contribution in [-0.2, 0) is 10.0 Å². The third-order valence-corrected chi connectivity index (χ3v) is 6.15. The van der Waals surface area contributed by atoms with Crippen LogP contribution in [0.3, 0.4) is 0 Å². The van der Waals surface area contributed by atoms with Crippen LogP contribution in [0, 0.1) is 0 Å². The number of amides is 1. The summed E-state index contributed by atoms with van der Waals surface area (Å²) in [4.78, 5) is 16.5. The smallest absolute Gasteiger partial charge is 0.251 e. The van der Waals surface area contributed by atoms with E-state index in [0.29, 0.717) is 5.56 Å². The summed E-state index contributed by atoms with van der Waals surface area (Å²) in [5.41, 5.74) is 2.20. The van der Waals surface area contributed by atoms with Crippen LogP contribution in [0.5, 0.6) is 0 Å². The molecule has 1 amide bonds. The SMILES string of the molecule is C[C@H](NC(=O)c1ccc(S(=O)(=O)N(C)C)cc1)c1ccc(-n2cncn2)cc1. The third kappa shape index (κ3) is 4.10. The van der Waals surface area contributed by atoms with Crippen LogP contribution in [0.25, 0.3) is 5.69 Å². The second-order valence-corrected chi connectivity index (χ2v) is 8.59. The van der Waals surface area contributed by atoms with Crippen LogP contribution in [0.4, 0.5) is 0 Å². The zero-order valence-electron chi connectivity index (χ0n) is 15.8. The van der Waals surface area contributed by atoms with Crippen molar-refractivity contribution in [2.75, 3.05) is 14.1 Å². The first-order valence-electron chi connectivity index (χ1n) is 8.57. The van der Waals surface area contributed by atoms with Crippen molar-refractivity contribution in [1.82, 2.24) is 24.4 Å². The van der Waals surface area contributed by atoms with Crippen molar-refractivity contribution in [3.63, 3.8) is 0 Å². The van der Waals surface area contributed by atoms with Gasteiger partial charge in [-0.05, 0) is 48.9 Å². The van der Waals surface area contributed by atoms with Crippen LogP contribution >= 0.6 is 0 Å². The topological polar surface area (TPSA) is 97.2 Å². The van der Waals surface area contributed by atoms with Gasteiger partial charge in [0.05, 0.1) is 16.6 Å². The van der Waals surface area contributed by atoms with E-state index >= 15 is 0 Å². The van der Waals surface area contributed by atoms with Gasteiger partial charge in [-0.2, -0.15) is 5.10 Å². The fourth-order valence-corrected chi connectivity index (χ4v) is 3.51. The highest BCUT2D eigenvalue weighted by molar-refractivity contribution is 7.89. The van der Waals surface area contributed by atoms with Gasteiger partial charge < -0.3 is 5.32 Å². The number of hydrogen-bond donors (Lipinski definition) is 1. The van der Waals surface area contributed by atoms with E-state index in [1.54, 1.807) is 11.0 Å². The van der Waals surface area contributed by atoms with Crippen molar-refractivity contribution in [2.24, 2.45) is 0 Å². The number of hydrogen-bond acceptors (Lipinski definition) is 5. The second kappa shape index (κ2) is 7.91. The molecule has 1 N–H and O–H groups in total. The lowest BCUT2D eigenvalue weighted by Gasteiger charge is -2.15. The summed E-state index contributed by atoms with van der Waals surface area (Å²) in [5.74, 6) is -0.276. The van der Waals surface area contributed by atoms with Crippen molar-refractivity contribution < 1.29 is 13.2 Å². The summed E-state index contributed by atoms with van der Waals surface area (Å²) in [6, 6.07) is 13.3. The Balaban J connectivity index is 1.69. The van der Waals surface area contributed by atoms with E-state index in [0.717, 1.165) is 15.6 Å². The molecule has 0 spiro atoms. The maximum atomic E-state index is 12.5. The lowest BCUT2D eigenvalue weighted by atomic mass is 10.1. The number of aromatic nitrogens is 3. The van der Waals surface area contributed by atoms with Gasteiger partial charge in [0.2, 0.25) is 10.0 Å². The molecular weight excluding hydrogens is 378 g/mol. The van der Waals surface area contributed by atoms with E-state index in [1.165, 1.54) is 44.7 Å². The van der Waals surface area contributed by atoms with Crippen molar-refractivity contribution >= 4 is 15.9 Å². The van der Waals surface area contributed by atoms with Crippen LogP contribution in [0.2, 0.25) is 0 Å². The lowest BCUT2D eigenvalue weighted by Crippen LogP contribution is -2.27. The molecule has 0 saturated carbocycles. The Hall–Kier alpha value is -3.04. The standard InChI is InChI=1S/C19H21N5O3S/c1-14(15-4-8-17(9-5-15)24-13-20-12-21-24)22-19(25)16-6-10-18(11-7-16)28(26,27)23(2)3/h4-14H,1-3H3,(H,22,25)/t14-/m0/s1. The largest absolute Gasteiger partial charge is 0.346 e. The number of rotatable bonds is 6. The van der Waals surface area contributed by atoms with E-state index in [2.05, 4.69) is 15.4 Å². The summed E-state index contributed by atoms with van der Waals surface area (Å²) >= 11 is 0. The molecule has 0 unspecified atom stereocenters. The van der Waals surface area contributed by atoms with Crippen LogP contribution in [-0.4, -0.2) is 47.5 Å². The van der Waals surface area contributed by atoms with Gasteiger partial charge in [-0.25, -0.2) is 22.4 Å². The zero-order chi connectivity index (χ0) is 20.3. The van der Waals surface area contributed by atoms with Gasteiger partial charge in [0, 0.05) is 19.7 Å². The minimum atomic E-state index is -3.52. The molecule has 3 aromatic rings. The first-order valence-corrected chi connectivity index (χ1v) is 10.0. The highest BCUT2D eigenvalue weighted by Crippen LogP contribution is 2.17. The van der Waals surface area contributed by atoms with Gasteiger partial charge in [-0.3, -0.25) is 4.79 Å². The fraction of sp³-hybridized carbons (Fsp3) is 0.211. The van der Waals surface area contributed by atoms with E-state index in [9.17, 15) is 13.2 Å². The molecule has 0 radical (unpaired) electrons. The van der Waals surface area contributed by atoms with Crippen molar-refractivity contribution in [3.8, 4) is 5.69 Å². The molecule has 0 aliphatic rings. The normalized spacial score (nSPS) is 12.7. The van der Waals surface area contributed by atoms with Gasteiger partial charge in [0.25, 0.3) is 5.91 Å². The van der Waals surface area contributed by atoms with Crippen molar-refractivity contribution in [3.05, 3.63) is 72.3 Å². The maximum absolute atomic E-state index is 12.5. The number of nitrogens with zero attached hydrogens (tertiary/aromatic N) is 4. The van der Waals surface area contributed by atoms with Gasteiger partial charge in [-0.1, -0.05) is 12.1 Å². The van der Waals surface area contributed by atoms with E-state index in [1.807, 2.05) is 31.2 Å². The Morgan fingerprint density at radius 1 is 1.07 bits per heavy atom. The average molecular weight is 399 g/mol. The first-order chi connectivity index (χ1) is 13.3. The van der Waals surface area contributed by atoms with Gasteiger partial charge in [0.1, 0.15) is 12.7 Å². The molecule has 9 heteroatoms. The molecule has 0 fully saturated rings. The molecule has 146 valence electrons. The first kappa shape index (κ1) is 19.7. The Morgan fingerprint density at radius 3 is 2.25 bits per heavy atom. The number of carbonyl (C=O) groups excluding carboxylic acids is 1. The van der Waals surface area contributed by atoms with E-state index in [4.69, 9.17) is 0 Å². The second-order valence-electron chi connectivity index (χ2n) is 6.44. The predicted molar refractivity (Wildman–Crippen MR) is 105 cm³/mol. The molecule has 28 heavy (non-hydrogen) atoms. The summed E-state index contributed by atoms with van der Waals surface area (Å²) < 4.78 is 27.0. The minimum Gasteiger partial charge on any atom is -0.346 e. The number of sulfonamides is 1. The van der Waals surface area contributed by atoms with E-state index < -0.39 is 10.0 Å². The average Bonchev–Trinajstić information content (AvgIpc) is 3.23. The Morgan fingerprint density at radius 2 is 1.71 bits per heavy atom. The highest BCUT2D eigenvalue weighted by Gasteiger charge is 2.18. The lowest BCUT2D eigenvalue weighted by molar-refractivity contribution is 0.0940. The summed E-state index contributed by atoms with van der Waals surface area (Å²) in [6.45, 7) is 1.88. The molecule has 3 rings (SSSR count). The molecular formula is C19H21N5O3S. The van der Waals surface area contributed by atoms with Crippen LogP contribution in [0.15, 0.2) is 66.1 Å². The monoisotopic (exact) mass is 399 g/mol. The molecule has 1 atom stereocenters. The van der Waals surface area contributed by atoms with Crippen LogP contribution in [0.1, 0.15) is 28.9 Å². The van der Waals surface area contributed by atoms with Crippen molar-refractivity contribution in [2.45, 2.75) is 17.9 Å². The molecule has 0 saturated heterocycles.